The van der Waals surface area contributed by atoms with Gasteiger partial charge in [0.15, 0.2) is 0 Å². The lowest BCUT2D eigenvalue weighted by Crippen LogP contribution is -2.50. The Balaban J connectivity index is 1.62. The summed E-state index contributed by atoms with van der Waals surface area (Å²) in [5, 5.41) is 2.82. The van der Waals surface area contributed by atoms with Crippen LogP contribution >= 0.6 is 0 Å². The van der Waals surface area contributed by atoms with Gasteiger partial charge in [-0.25, -0.2) is 0 Å². The van der Waals surface area contributed by atoms with Gasteiger partial charge >= 0.3 is 0 Å². The monoisotopic (exact) mass is 367 g/mol. The topological polar surface area (TPSA) is 95.5 Å². The van der Waals surface area contributed by atoms with Crippen molar-refractivity contribution in [3.63, 3.8) is 0 Å². The quantitative estimate of drug-likeness (QED) is 0.859. The molecule has 140 valence electrons. The second-order valence-electron chi connectivity index (χ2n) is 6.27. The summed E-state index contributed by atoms with van der Waals surface area (Å²) >= 11 is 0. The van der Waals surface area contributed by atoms with E-state index < -0.39 is 0 Å². The zero-order chi connectivity index (χ0) is 19.2. The van der Waals surface area contributed by atoms with E-state index in [0.717, 1.165) is 5.56 Å². The third-order valence-corrected chi connectivity index (χ3v) is 4.46. The molecule has 0 radical (unpaired) electrons. The highest BCUT2D eigenvalue weighted by atomic mass is 16.2. The van der Waals surface area contributed by atoms with E-state index in [1.165, 1.54) is 19.2 Å². The van der Waals surface area contributed by atoms with Crippen LogP contribution in [-0.4, -0.2) is 63.7 Å². The van der Waals surface area contributed by atoms with E-state index >= 15 is 0 Å². The maximum atomic E-state index is 12.7. The zero-order valence-corrected chi connectivity index (χ0v) is 15.1. The van der Waals surface area contributed by atoms with Gasteiger partial charge in [0.05, 0.1) is 0 Å². The van der Waals surface area contributed by atoms with Crippen LogP contribution < -0.4 is 5.32 Å². The van der Waals surface area contributed by atoms with Crippen LogP contribution in [0.15, 0.2) is 42.9 Å². The summed E-state index contributed by atoms with van der Waals surface area (Å²) < 4.78 is 0. The number of carbonyl (C=O) groups excluding carboxylic acids is 3. The molecule has 27 heavy (non-hydrogen) atoms. The lowest BCUT2D eigenvalue weighted by atomic mass is 10.2. The van der Waals surface area contributed by atoms with Crippen molar-refractivity contribution in [3.8, 4) is 0 Å². The molecule has 0 saturated carbocycles. The van der Waals surface area contributed by atoms with Crippen LogP contribution in [0.4, 0.5) is 0 Å². The fourth-order valence-corrected chi connectivity index (χ4v) is 2.86. The van der Waals surface area contributed by atoms with Crippen LogP contribution in [0.2, 0.25) is 0 Å². The van der Waals surface area contributed by atoms with E-state index in [1.54, 1.807) is 28.3 Å². The number of carbonyl (C=O) groups is 3. The Morgan fingerprint density at radius 2 is 1.67 bits per heavy atom. The van der Waals surface area contributed by atoms with Gasteiger partial charge in [0.25, 0.3) is 11.8 Å². The van der Waals surface area contributed by atoms with Gasteiger partial charge in [-0.15, -0.1) is 0 Å². The first-order valence-corrected chi connectivity index (χ1v) is 8.72. The molecule has 1 aliphatic rings. The van der Waals surface area contributed by atoms with Crippen molar-refractivity contribution in [2.45, 2.75) is 13.5 Å². The van der Waals surface area contributed by atoms with Crippen molar-refractivity contribution >= 4 is 17.7 Å². The average Bonchev–Trinajstić information content (AvgIpc) is 2.72. The summed E-state index contributed by atoms with van der Waals surface area (Å²) in [6, 6.07) is 6.72. The Bertz CT molecular complexity index is 832. The molecular formula is C19H21N5O3. The van der Waals surface area contributed by atoms with Gasteiger partial charge in [-0.05, 0) is 29.8 Å². The smallest absolute Gasteiger partial charge is 0.272 e. The molecule has 3 amide bonds. The first-order chi connectivity index (χ1) is 13.0. The highest BCUT2D eigenvalue weighted by molar-refractivity contribution is 5.98. The molecule has 1 aliphatic heterocycles. The molecule has 0 unspecified atom stereocenters. The Morgan fingerprint density at radius 1 is 1.00 bits per heavy atom. The highest BCUT2D eigenvalue weighted by Crippen LogP contribution is 2.09. The highest BCUT2D eigenvalue weighted by Gasteiger charge is 2.24. The van der Waals surface area contributed by atoms with Crippen molar-refractivity contribution in [2.24, 2.45) is 0 Å². The number of rotatable bonds is 4. The van der Waals surface area contributed by atoms with Gasteiger partial charge in [-0.2, -0.15) is 0 Å². The van der Waals surface area contributed by atoms with Crippen molar-refractivity contribution in [3.05, 3.63) is 59.7 Å². The van der Waals surface area contributed by atoms with E-state index in [-0.39, 0.29) is 23.4 Å². The Hall–Kier alpha value is -3.29. The van der Waals surface area contributed by atoms with Crippen molar-refractivity contribution in [1.82, 2.24) is 25.1 Å². The van der Waals surface area contributed by atoms with Crippen molar-refractivity contribution in [1.29, 1.82) is 0 Å². The minimum atomic E-state index is -0.273. The van der Waals surface area contributed by atoms with Crippen LogP contribution in [0.5, 0.6) is 0 Å². The normalized spacial score (nSPS) is 14.0. The number of aromatic nitrogens is 2. The van der Waals surface area contributed by atoms with E-state index in [9.17, 15) is 14.4 Å². The molecule has 1 fully saturated rings. The molecule has 0 aromatic carbocycles. The number of nitrogens with one attached hydrogen (secondary N) is 1. The first kappa shape index (κ1) is 18.5. The number of hydrogen-bond donors (Lipinski definition) is 1. The average molecular weight is 367 g/mol. The lowest BCUT2D eigenvalue weighted by molar-refractivity contribution is -0.130. The molecule has 2 aromatic rings. The predicted molar refractivity (Wildman–Crippen MR) is 97.8 cm³/mol. The molecule has 0 spiro atoms. The fourth-order valence-electron chi connectivity index (χ4n) is 2.86. The van der Waals surface area contributed by atoms with Crippen molar-refractivity contribution in [2.75, 3.05) is 26.2 Å². The predicted octanol–water partition coefficient (Wildman–Crippen LogP) is 0.711. The van der Waals surface area contributed by atoms with Gasteiger partial charge < -0.3 is 15.1 Å². The molecule has 1 saturated heterocycles. The third kappa shape index (κ3) is 4.66. The van der Waals surface area contributed by atoms with E-state index in [0.29, 0.717) is 38.3 Å². The number of amides is 3. The third-order valence-electron chi connectivity index (χ3n) is 4.46. The van der Waals surface area contributed by atoms with E-state index in [2.05, 4.69) is 15.3 Å². The zero-order valence-electron chi connectivity index (χ0n) is 15.1. The largest absolute Gasteiger partial charge is 0.348 e. The lowest BCUT2D eigenvalue weighted by Gasteiger charge is -2.34. The molecular weight excluding hydrogens is 346 g/mol. The summed E-state index contributed by atoms with van der Waals surface area (Å²) in [5.74, 6) is -0.500. The summed E-state index contributed by atoms with van der Waals surface area (Å²) in [5.41, 5.74) is 1.54. The van der Waals surface area contributed by atoms with Gasteiger partial charge in [0.1, 0.15) is 5.69 Å². The standard InChI is InChI=1S/C19H21N5O3/c1-14(25)23-8-10-24(11-9-23)19(27)17-12-16(4-7-21-17)18(26)22-13-15-2-5-20-6-3-15/h2-7,12H,8-11,13H2,1H3,(H,22,26). The van der Waals surface area contributed by atoms with Crippen LogP contribution in [0.25, 0.3) is 0 Å². The molecule has 0 bridgehead atoms. The summed E-state index contributed by atoms with van der Waals surface area (Å²) in [6.07, 6.45) is 4.79. The van der Waals surface area contributed by atoms with Crippen LogP contribution in [0.1, 0.15) is 33.3 Å². The van der Waals surface area contributed by atoms with Crippen LogP contribution in [0.3, 0.4) is 0 Å². The minimum Gasteiger partial charge on any atom is -0.348 e. The Morgan fingerprint density at radius 3 is 2.33 bits per heavy atom. The number of pyridine rings is 2. The maximum absolute atomic E-state index is 12.7. The molecule has 0 atom stereocenters. The second kappa shape index (κ2) is 8.39. The summed E-state index contributed by atoms with van der Waals surface area (Å²) in [7, 11) is 0. The fraction of sp³-hybridized carbons (Fsp3) is 0.316. The molecule has 1 N–H and O–H groups in total. The van der Waals surface area contributed by atoms with Crippen molar-refractivity contribution < 1.29 is 14.4 Å². The molecule has 3 rings (SSSR count). The van der Waals surface area contributed by atoms with Gasteiger partial charge in [0.2, 0.25) is 5.91 Å². The van der Waals surface area contributed by atoms with Gasteiger partial charge in [-0.1, -0.05) is 0 Å². The minimum absolute atomic E-state index is 0.00749. The number of nitrogens with zero attached hydrogens (tertiary/aromatic N) is 4. The SMILES string of the molecule is CC(=O)N1CCN(C(=O)c2cc(C(=O)NCc3ccncc3)ccn2)CC1. The Labute approximate surface area is 157 Å². The first-order valence-electron chi connectivity index (χ1n) is 8.72. The van der Waals surface area contributed by atoms with E-state index in [1.807, 2.05) is 12.1 Å². The molecule has 2 aromatic heterocycles. The van der Waals surface area contributed by atoms with Gasteiger partial charge in [-0.3, -0.25) is 24.4 Å². The van der Waals surface area contributed by atoms with Crippen LogP contribution in [-0.2, 0) is 11.3 Å². The Kier molecular flexibility index (Phi) is 5.75. The molecule has 0 aliphatic carbocycles. The molecule has 8 nitrogen and oxygen atoms in total. The number of hydrogen-bond acceptors (Lipinski definition) is 5. The van der Waals surface area contributed by atoms with E-state index in [4.69, 9.17) is 0 Å². The van der Waals surface area contributed by atoms with Crippen LogP contribution in [0, 0.1) is 0 Å². The summed E-state index contributed by atoms with van der Waals surface area (Å²) in [6.45, 7) is 3.82. The molecule has 3 heterocycles. The second-order valence-corrected chi connectivity index (χ2v) is 6.27. The van der Waals surface area contributed by atoms with Gasteiger partial charge in [0, 0.05) is 63.8 Å². The summed E-state index contributed by atoms with van der Waals surface area (Å²) in [4.78, 5) is 47.8. The molecule has 8 heteroatoms. The maximum Gasteiger partial charge on any atom is 0.272 e. The number of piperazine rings is 1.